The zero-order chi connectivity index (χ0) is 26.4. The van der Waals surface area contributed by atoms with Crippen LogP contribution in [0.1, 0.15) is 43.0 Å². The van der Waals surface area contributed by atoms with E-state index in [2.05, 4.69) is 21.7 Å². The first-order valence-electron chi connectivity index (χ1n) is 12.3. The SMILES string of the molecule is COc1ccc2nccc([C@H](F)CC[C@@H]3CCN(CC#Cc4cc(Cl)cc(Cl)c4)C[C@@H]3CC(=O)O)c2c1. The molecule has 1 aliphatic rings. The van der Waals surface area contributed by atoms with Gasteiger partial charge in [0.05, 0.1) is 19.2 Å². The number of ether oxygens (including phenoxy) is 1. The number of methoxy groups -OCH3 is 1. The van der Waals surface area contributed by atoms with Gasteiger partial charge in [-0.2, -0.15) is 0 Å². The third-order valence-corrected chi connectivity index (χ3v) is 7.36. The molecule has 2 aromatic carbocycles. The van der Waals surface area contributed by atoms with Crippen LogP contribution in [-0.4, -0.2) is 47.7 Å². The molecule has 8 heteroatoms. The van der Waals surface area contributed by atoms with Crippen molar-refractivity contribution in [3.05, 3.63) is 69.8 Å². The Balaban J connectivity index is 1.39. The van der Waals surface area contributed by atoms with E-state index in [9.17, 15) is 9.90 Å². The topological polar surface area (TPSA) is 62.7 Å². The van der Waals surface area contributed by atoms with Gasteiger partial charge in [0.25, 0.3) is 0 Å². The molecule has 0 saturated carbocycles. The van der Waals surface area contributed by atoms with Gasteiger partial charge in [0, 0.05) is 40.2 Å². The van der Waals surface area contributed by atoms with Crippen molar-refractivity contribution < 1.29 is 19.0 Å². The second-order valence-corrected chi connectivity index (χ2v) is 10.3. The summed E-state index contributed by atoms with van der Waals surface area (Å²) in [6.07, 6.45) is 2.27. The summed E-state index contributed by atoms with van der Waals surface area (Å²) in [5.74, 6) is 6.12. The molecule has 0 radical (unpaired) electrons. The molecule has 1 saturated heterocycles. The van der Waals surface area contributed by atoms with E-state index in [1.165, 1.54) is 0 Å². The fraction of sp³-hybridized carbons (Fsp3) is 0.379. The molecule has 5 nitrogen and oxygen atoms in total. The first kappa shape index (κ1) is 27.2. The van der Waals surface area contributed by atoms with Crippen molar-refractivity contribution in [1.82, 2.24) is 9.88 Å². The predicted molar refractivity (Wildman–Crippen MR) is 145 cm³/mol. The molecular formula is C29H29Cl2FN2O3. The van der Waals surface area contributed by atoms with E-state index in [1.807, 2.05) is 18.2 Å². The molecule has 37 heavy (non-hydrogen) atoms. The molecule has 2 heterocycles. The number of aliphatic carboxylic acids is 1. The average Bonchev–Trinajstić information content (AvgIpc) is 2.86. The number of piperidine rings is 1. The standard InChI is InChI=1S/C29H29Cl2FN2O3/c1-37-24-5-7-28-26(17-24)25(8-10-33-28)27(32)6-4-20-9-12-34(18-21(20)15-29(35)36)11-2-3-19-13-22(30)16-23(31)14-19/h5,7-8,10,13-14,16-17,20-21,27H,4,6,9,11-12,15,18H2,1H3,(H,35,36)/t20-,21+,27-/m1/s1. The Hall–Kier alpha value is -2.85. The monoisotopic (exact) mass is 542 g/mol. The number of likely N-dealkylation sites (tertiary alicyclic amines) is 1. The highest BCUT2D eigenvalue weighted by atomic mass is 35.5. The number of alkyl halides is 1. The molecular weight excluding hydrogens is 514 g/mol. The van der Waals surface area contributed by atoms with E-state index >= 15 is 4.39 Å². The molecule has 0 amide bonds. The van der Waals surface area contributed by atoms with E-state index in [4.69, 9.17) is 27.9 Å². The second-order valence-electron chi connectivity index (χ2n) is 9.43. The minimum absolute atomic E-state index is 0.0601. The maximum absolute atomic E-state index is 15.5. The van der Waals surface area contributed by atoms with E-state index in [-0.39, 0.29) is 18.3 Å². The molecule has 3 atom stereocenters. The first-order valence-corrected chi connectivity index (χ1v) is 13.0. The van der Waals surface area contributed by atoms with Gasteiger partial charge in [-0.3, -0.25) is 14.7 Å². The van der Waals surface area contributed by atoms with Crippen molar-refractivity contribution in [3.63, 3.8) is 0 Å². The summed E-state index contributed by atoms with van der Waals surface area (Å²) in [6, 6.07) is 12.3. The van der Waals surface area contributed by atoms with Crippen molar-refractivity contribution >= 4 is 40.1 Å². The van der Waals surface area contributed by atoms with E-state index in [1.54, 1.807) is 37.6 Å². The lowest BCUT2D eigenvalue weighted by Crippen LogP contribution is -2.41. The van der Waals surface area contributed by atoms with Crippen LogP contribution in [0.3, 0.4) is 0 Å². The summed E-state index contributed by atoms with van der Waals surface area (Å²) < 4.78 is 20.8. The van der Waals surface area contributed by atoms with Crippen LogP contribution in [0.25, 0.3) is 10.9 Å². The fourth-order valence-corrected chi connectivity index (χ4v) is 5.60. The molecule has 194 valence electrons. The third-order valence-electron chi connectivity index (χ3n) is 6.92. The number of carbonyl (C=O) groups is 1. The van der Waals surface area contributed by atoms with Crippen molar-refractivity contribution in [3.8, 4) is 17.6 Å². The summed E-state index contributed by atoms with van der Waals surface area (Å²) in [5.41, 5.74) is 2.05. The summed E-state index contributed by atoms with van der Waals surface area (Å²) in [6.45, 7) is 1.93. The zero-order valence-electron chi connectivity index (χ0n) is 20.6. The summed E-state index contributed by atoms with van der Waals surface area (Å²) in [7, 11) is 1.58. The molecule has 0 aliphatic carbocycles. The van der Waals surface area contributed by atoms with Gasteiger partial charge in [0.1, 0.15) is 11.9 Å². The van der Waals surface area contributed by atoms with Gasteiger partial charge < -0.3 is 9.84 Å². The average molecular weight is 543 g/mol. The number of fused-ring (bicyclic) bond motifs is 1. The normalized spacial score (nSPS) is 18.7. The lowest BCUT2D eigenvalue weighted by Gasteiger charge is -2.37. The Morgan fingerprint density at radius 3 is 2.73 bits per heavy atom. The van der Waals surface area contributed by atoms with Gasteiger partial charge in [-0.25, -0.2) is 4.39 Å². The van der Waals surface area contributed by atoms with Gasteiger partial charge in [-0.05, 0) is 85.7 Å². The number of pyridine rings is 1. The number of carboxylic acids is 1. The molecule has 1 N–H and O–H groups in total. The first-order chi connectivity index (χ1) is 17.8. The Bertz CT molecular complexity index is 1300. The van der Waals surface area contributed by atoms with Gasteiger partial charge in [-0.1, -0.05) is 35.0 Å². The number of carboxylic acid groups (broad SMARTS) is 1. The van der Waals surface area contributed by atoms with Crippen molar-refractivity contribution in [2.45, 2.75) is 31.9 Å². The lowest BCUT2D eigenvalue weighted by molar-refractivity contribution is -0.139. The van der Waals surface area contributed by atoms with Crippen molar-refractivity contribution in [2.24, 2.45) is 11.8 Å². The smallest absolute Gasteiger partial charge is 0.303 e. The fourth-order valence-electron chi connectivity index (χ4n) is 5.08. The summed E-state index contributed by atoms with van der Waals surface area (Å²) in [4.78, 5) is 18.1. The van der Waals surface area contributed by atoms with Crippen LogP contribution in [-0.2, 0) is 4.79 Å². The number of hydrogen-bond acceptors (Lipinski definition) is 4. The van der Waals surface area contributed by atoms with Crippen LogP contribution >= 0.6 is 23.2 Å². The Morgan fingerprint density at radius 2 is 2.00 bits per heavy atom. The molecule has 4 rings (SSSR count). The summed E-state index contributed by atoms with van der Waals surface area (Å²) >= 11 is 12.1. The molecule has 0 spiro atoms. The molecule has 1 aromatic heterocycles. The predicted octanol–water partition coefficient (Wildman–Crippen LogP) is 6.81. The lowest BCUT2D eigenvalue weighted by atomic mass is 9.79. The van der Waals surface area contributed by atoms with E-state index in [0.717, 1.165) is 29.4 Å². The molecule has 1 aliphatic heterocycles. The maximum Gasteiger partial charge on any atom is 0.303 e. The Labute approximate surface area is 226 Å². The molecule has 0 bridgehead atoms. The van der Waals surface area contributed by atoms with Gasteiger partial charge in [-0.15, -0.1) is 0 Å². The highest BCUT2D eigenvalue weighted by molar-refractivity contribution is 6.34. The van der Waals surface area contributed by atoms with Gasteiger partial charge >= 0.3 is 5.97 Å². The van der Waals surface area contributed by atoms with Crippen LogP contribution < -0.4 is 4.74 Å². The number of hydrogen-bond donors (Lipinski definition) is 1. The number of aromatic nitrogens is 1. The van der Waals surface area contributed by atoms with Crippen LogP contribution in [0.4, 0.5) is 4.39 Å². The summed E-state index contributed by atoms with van der Waals surface area (Å²) in [5, 5.41) is 11.3. The van der Waals surface area contributed by atoms with Crippen molar-refractivity contribution in [1.29, 1.82) is 0 Å². The highest BCUT2D eigenvalue weighted by Gasteiger charge is 2.31. The maximum atomic E-state index is 15.5. The van der Waals surface area contributed by atoms with Crippen LogP contribution in [0, 0.1) is 23.7 Å². The minimum Gasteiger partial charge on any atom is -0.497 e. The van der Waals surface area contributed by atoms with E-state index in [0.29, 0.717) is 47.3 Å². The van der Waals surface area contributed by atoms with Gasteiger partial charge in [0.15, 0.2) is 0 Å². The van der Waals surface area contributed by atoms with Gasteiger partial charge in [0.2, 0.25) is 0 Å². The van der Waals surface area contributed by atoms with Crippen LogP contribution in [0.2, 0.25) is 10.0 Å². The molecule has 1 fully saturated rings. The van der Waals surface area contributed by atoms with Crippen molar-refractivity contribution in [2.75, 3.05) is 26.7 Å². The van der Waals surface area contributed by atoms with Crippen LogP contribution in [0.15, 0.2) is 48.7 Å². The second kappa shape index (κ2) is 12.6. The zero-order valence-corrected chi connectivity index (χ0v) is 22.1. The van der Waals surface area contributed by atoms with Crippen LogP contribution in [0.5, 0.6) is 5.75 Å². The third kappa shape index (κ3) is 7.35. The van der Waals surface area contributed by atoms with E-state index < -0.39 is 12.1 Å². The minimum atomic E-state index is -1.17. The number of halogens is 3. The quantitative estimate of drug-likeness (QED) is 0.317. The Kier molecular flexibility index (Phi) is 9.26. The highest BCUT2D eigenvalue weighted by Crippen LogP contribution is 2.36. The largest absolute Gasteiger partial charge is 0.497 e. The number of nitrogens with zero attached hydrogens (tertiary/aromatic N) is 2. The molecule has 3 aromatic rings. The number of benzene rings is 2. The number of rotatable bonds is 8. The molecule has 0 unspecified atom stereocenters. The Morgan fingerprint density at radius 1 is 1.22 bits per heavy atom.